The van der Waals surface area contributed by atoms with Gasteiger partial charge < -0.3 is 0 Å². The Morgan fingerprint density at radius 1 is 1.27 bits per heavy atom. The summed E-state index contributed by atoms with van der Waals surface area (Å²) in [5.74, 6) is 0. The van der Waals surface area contributed by atoms with Crippen LogP contribution in [0.15, 0.2) is 52.4 Å². The highest BCUT2D eigenvalue weighted by atomic mass is 16.1. The summed E-state index contributed by atoms with van der Waals surface area (Å²) in [6.45, 7) is 5.37. The molecule has 0 amide bonds. The molecule has 1 heterocycles. The van der Waals surface area contributed by atoms with Crippen molar-refractivity contribution in [3.05, 3.63) is 75.2 Å². The molecule has 0 saturated carbocycles. The maximum Gasteiger partial charge on any atom is 0.289 e. The molecule has 0 saturated heterocycles. The van der Waals surface area contributed by atoms with Crippen LogP contribution in [0.1, 0.15) is 29.3 Å². The fourth-order valence-corrected chi connectivity index (χ4v) is 2.11. The summed E-state index contributed by atoms with van der Waals surface area (Å²) in [5, 5.41) is 13.4. The molecular formula is C18H17N3O. The first kappa shape index (κ1) is 15.5. The van der Waals surface area contributed by atoms with Gasteiger partial charge in [0.25, 0.3) is 5.56 Å². The standard InChI is InChI=1S/C18H17N3O/c1-13-11-15(3)21(18(22)17(13)12-19)20-14(2)9-10-16-7-5-4-6-8-16/h4-11H,1-3H3. The van der Waals surface area contributed by atoms with Crippen LogP contribution in [0.2, 0.25) is 0 Å². The van der Waals surface area contributed by atoms with E-state index in [2.05, 4.69) is 5.10 Å². The molecule has 4 nitrogen and oxygen atoms in total. The topological polar surface area (TPSA) is 58.1 Å². The minimum atomic E-state index is -0.382. The second-order valence-electron chi connectivity index (χ2n) is 5.06. The third kappa shape index (κ3) is 3.39. The number of pyridine rings is 1. The first-order valence-corrected chi connectivity index (χ1v) is 6.95. The molecule has 0 N–H and O–H groups in total. The van der Waals surface area contributed by atoms with Crippen LogP contribution in [-0.4, -0.2) is 10.4 Å². The summed E-state index contributed by atoms with van der Waals surface area (Å²) in [6.07, 6.45) is 3.77. The maximum absolute atomic E-state index is 12.3. The van der Waals surface area contributed by atoms with Crippen molar-refractivity contribution < 1.29 is 0 Å². The van der Waals surface area contributed by atoms with Crippen LogP contribution >= 0.6 is 0 Å². The molecule has 0 spiro atoms. The normalized spacial score (nSPS) is 11.6. The molecule has 22 heavy (non-hydrogen) atoms. The van der Waals surface area contributed by atoms with Crippen LogP contribution in [0.3, 0.4) is 0 Å². The molecule has 0 bridgehead atoms. The van der Waals surface area contributed by atoms with Gasteiger partial charge in [-0.2, -0.15) is 10.4 Å². The quantitative estimate of drug-likeness (QED) is 0.815. The highest BCUT2D eigenvalue weighted by Gasteiger charge is 2.09. The van der Waals surface area contributed by atoms with E-state index in [1.165, 1.54) is 4.68 Å². The SMILES string of the molecule is CC(C=Cc1ccccc1)=Nn1c(C)cc(C)c(C#N)c1=O. The average molecular weight is 291 g/mol. The Kier molecular flexibility index (Phi) is 4.70. The smallest absolute Gasteiger partial charge is 0.266 e. The predicted molar refractivity (Wildman–Crippen MR) is 88.9 cm³/mol. The summed E-state index contributed by atoms with van der Waals surface area (Å²) in [7, 11) is 0. The van der Waals surface area contributed by atoms with Crippen LogP contribution in [-0.2, 0) is 0 Å². The summed E-state index contributed by atoms with van der Waals surface area (Å²) in [4.78, 5) is 12.3. The molecule has 0 aliphatic heterocycles. The number of allylic oxidation sites excluding steroid dienone is 1. The Bertz CT molecular complexity index is 837. The third-order valence-electron chi connectivity index (χ3n) is 3.25. The predicted octanol–water partition coefficient (Wildman–Crippen LogP) is 3.27. The molecule has 0 unspecified atom stereocenters. The summed E-state index contributed by atoms with van der Waals surface area (Å²) in [5.41, 5.74) is 2.87. The highest BCUT2D eigenvalue weighted by molar-refractivity contribution is 5.96. The number of hydrogen-bond donors (Lipinski definition) is 0. The zero-order chi connectivity index (χ0) is 16.1. The van der Waals surface area contributed by atoms with Gasteiger partial charge in [0.05, 0.1) is 5.71 Å². The van der Waals surface area contributed by atoms with Crippen molar-refractivity contribution in [2.45, 2.75) is 20.8 Å². The number of aryl methyl sites for hydroxylation is 2. The molecule has 4 heteroatoms. The van der Waals surface area contributed by atoms with E-state index in [-0.39, 0.29) is 11.1 Å². The summed E-state index contributed by atoms with van der Waals surface area (Å²) >= 11 is 0. The Morgan fingerprint density at radius 2 is 1.95 bits per heavy atom. The number of nitrogens with zero attached hydrogens (tertiary/aromatic N) is 3. The van der Waals surface area contributed by atoms with E-state index in [9.17, 15) is 4.79 Å². The van der Waals surface area contributed by atoms with Crippen LogP contribution in [0.25, 0.3) is 6.08 Å². The molecule has 1 aromatic heterocycles. The van der Waals surface area contributed by atoms with Crippen molar-refractivity contribution in [2.75, 3.05) is 0 Å². The second-order valence-corrected chi connectivity index (χ2v) is 5.06. The minimum Gasteiger partial charge on any atom is -0.266 e. The van der Waals surface area contributed by atoms with Crippen molar-refractivity contribution >= 4 is 11.8 Å². The van der Waals surface area contributed by atoms with Gasteiger partial charge in [-0.25, -0.2) is 4.68 Å². The van der Waals surface area contributed by atoms with Gasteiger partial charge in [-0.3, -0.25) is 4.79 Å². The number of aromatic nitrogens is 1. The van der Waals surface area contributed by atoms with Crippen LogP contribution in [0.4, 0.5) is 0 Å². The second kappa shape index (κ2) is 6.68. The minimum absolute atomic E-state index is 0.134. The lowest BCUT2D eigenvalue weighted by atomic mass is 10.1. The fraction of sp³-hybridized carbons (Fsp3) is 0.167. The summed E-state index contributed by atoms with van der Waals surface area (Å²) < 4.78 is 1.27. The van der Waals surface area contributed by atoms with E-state index >= 15 is 0 Å². The Hall–Kier alpha value is -2.93. The van der Waals surface area contributed by atoms with Crippen molar-refractivity contribution in [3.8, 4) is 6.07 Å². The fourth-order valence-electron chi connectivity index (χ4n) is 2.11. The van der Waals surface area contributed by atoms with Gasteiger partial charge in [0.2, 0.25) is 0 Å². The molecule has 1 aromatic carbocycles. The van der Waals surface area contributed by atoms with Gasteiger partial charge in [0.1, 0.15) is 11.6 Å². The molecule has 110 valence electrons. The highest BCUT2D eigenvalue weighted by Crippen LogP contribution is 2.06. The number of benzene rings is 1. The number of nitriles is 1. The van der Waals surface area contributed by atoms with Gasteiger partial charge in [-0.05, 0) is 44.0 Å². The number of hydrogen-bond acceptors (Lipinski definition) is 3. The lowest BCUT2D eigenvalue weighted by Gasteiger charge is -2.07. The van der Waals surface area contributed by atoms with E-state index in [4.69, 9.17) is 5.26 Å². The van der Waals surface area contributed by atoms with Crippen molar-refractivity contribution in [3.63, 3.8) is 0 Å². The monoisotopic (exact) mass is 291 g/mol. The van der Waals surface area contributed by atoms with Crippen LogP contribution < -0.4 is 5.56 Å². The lowest BCUT2D eigenvalue weighted by Crippen LogP contribution is -2.23. The maximum atomic E-state index is 12.3. The van der Waals surface area contributed by atoms with Crippen LogP contribution in [0, 0.1) is 25.2 Å². The largest absolute Gasteiger partial charge is 0.289 e. The van der Waals surface area contributed by atoms with E-state index < -0.39 is 0 Å². The van der Waals surface area contributed by atoms with Gasteiger partial charge >= 0.3 is 0 Å². The molecule has 0 aliphatic carbocycles. The lowest BCUT2D eigenvalue weighted by molar-refractivity contribution is 0.782. The average Bonchev–Trinajstić information content (AvgIpc) is 2.51. The summed E-state index contributed by atoms with van der Waals surface area (Å²) in [6, 6.07) is 13.6. The zero-order valence-electron chi connectivity index (χ0n) is 12.9. The van der Waals surface area contributed by atoms with E-state index in [0.717, 1.165) is 5.56 Å². The van der Waals surface area contributed by atoms with Gasteiger partial charge in [0.15, 0.2) is 0 Å². The molecule has 0 radical (unpaired) electrons. The molecule has 2 aromatic rings. The first-order valence-electron chi connectivity index (χ1n) is 6.95. The van der Waals surface area contributed by atoms with Crippen molar-refractivity contribution in [2.24, 2.45) is 5.10 Å². The Morgan fingerprint density at radius 3 is 2.59 bits per heavy atom. The van der Waals surface area contributed by atoms with E-state index in [1.807, 2.05) is 55.5 Å². The Balaban J connectivity index is 2.39. The zero-order valence-corrected chi connectivity index (χ0v) is 12.9. The van der Waals surface area contributed by atoms with Crippen LogP contribution in [0.5, 0.6) is 0 Å². The van der Waals surface area contributed by atoms with Crippen molar-refractivity contribution in [1.29, 1.82) is 5.26 Å². The number of rotatable bonds is 3. The molecule has 0 fully saturated rings. The Labute approximate surface area is 129 Å². The van der Waals surface area contributed by atoms with E-state index in [1.54, 1.807) is 19.9 Å². The first-order chi connectivity index (χ1) is 10.5. The molecular weight excluding hydrogens is 274 g/mol. The third-order valence-corrected chi connectivity index (χ3v) is 3.25. The van der Waals surface area contributed by atoms with E-state index in [0.29, 0.717) is 17.0 Å². The van der Waals surface area contributed by atoms with Gasteiger partial charge in [-0.15, -0.1) is 0 Å². The van der Waals surface area contributed by atoms with Gasteiger partial charge in [-0.1, -0.05) is 36.4 Å². The molecule has 0 atom stereocenters. The molecule has 2 rings (SSSR count). The van der Waals surface area contributed by atoms with Gasteiger partial charge in [0, 0.05) is 5.69 Å². The van der Waals surface area contributed by atoms with Crippen molar-refractivity contribution in [1.82, 2.24) is 4.68 Å². The molecule has 0 aliphatic rings.